The van der Waals surface area contributed by atoms with Gasteiger partial charge in [-0.1, -0.05) is 59.6 Å². The maximum atomic E-state index is 15.7. The number of hydrogen-bond acceptors (Lipinski definition) is 4. The second-order valence-electron chi connectivity index (χ2n) is 10.3. The van der Waals surface area contributed by atoms with Gasteiger partial charge in [0.1, 0.15) is 17.3 Å². The second kappa shape index (κ2) is 10.7. The van der Waals surface area contributed by atoms with Crippen LogP contribution in [0.4, 0.5) is 15.9 Å². The van der Waals surface area contributed by atoms with Crippen molar-refractivity contribution in [1.82, 2.24) is 19.1 Å². The third-order valence-corrected chi connectivity index (χ3v) is 12.1. The number of para-hydroxylation sites is 1. The Kier molecular flexibility index (Phi) is 7.00. The number of nitrogens with zero attached hydrogens (tertiary/aromatic N) is 6. The van der Waals surface area contributed by atoms with E-state index in [1.807, 2.05) is 54.1 Å². The standard InChI is InChI=1S/C30H28Cl2FN6OP/c1-20-28-30(38(35-20)21-8-3-2-4-9-21)34-29(23-10-5-6-13-26(23)33)39(22-14-15-22)41(28,37-16-18-40-19-17-37)36-27-24(31)11-7-12-25(27)32/h2-13,22H,14-19H2,1H3. The minimum absolute atomic E-state index is 0.127. The van der Waals surface area contributed by atoms with Crippen molar-refractivity contribution in [2.75, 3.05) is 26.3 Å². The van der Waals surface area contributed by atoms with Gasteiger partial charge in [-0.15, -0.1) is 0 Å². The summed E-state index contributed by atoms with van der Waals surface area (Å²) < 4.78 is 33.6. The van der Waals surface area contributed by atoms with Crippen LogP contribution in [-0.4, -0.2) is 57.3 Å². The molecule has 7 nitrogen and oxygen atoms in total. The Labute approximate surface area is 248 Å². The predicted molar refractivity (Wildman–Crippen MR) is 163 cm³/mol. The smallest absolute Gasteiger partial charge is 0.170 e. The first kappa shape index (κ1) is 26.9. The Balaban J connectivity index is 1.64. The van der Waals surface area contributed by atoms with Gasteiger partial charge in [0.05, 0.1) is 45.5 Å². The molecule has 0 amide bonds. The van der Waals surface area contributed by atoms with E-state index in [0.29, 0.717) is 59.3 Å². The van der Waals surface area contributed by atoms with Gasteiger partial charge in [-0.3, -0.25) is 0 Å². The van der Waals surface area contributed by atoms with Crippen molar-refractivity contribution < 1.29 is 9.13 Å². The van der Waals surface area contributed by atoms with Crippen molar-refractivity contribution in [2.45, 2.75) is 25.8 Å². The summed E-state index contributed by atoms with van der Waals surface area (Å²) in [6, 6.07) is 22.3. The average Bonchev–Trinajstić information content (AvgIpc) is 3.78. The molecule has 2 fully saturated rings. The van der Waals surface area contributed by atoms with Crippen LogP contribution in [0.5, 0.6) is 0 Å². The van der Waals surface area contributed by atoms with Crippen molar-refractivity contribution in [3.05, 3.63) is 99.9 Å². The molecule has 4 aromatic rings. The number of rotatable bonds is 5. The molecule has 1 saturated heterocycles. The lowest BCUT2D eigenvalue weighted by atomic mass is 10.2. The summed E-state index contributed by atoms with van der Waals surface area (Å²) >= 11 is 13.6. The summed E-state index contributed by atoms with van der Waals surface area (Å²) in [6.45, 7) is 4.40. The van der Waals surface area contributed by atoms with E-state index in [2.05, 4.69) is 9.34 Å². The van der Waals surface area contributed by atoms with E-state index in [1.165, 1.54) is 6.07 Å². The zero-order chi connectivity index (χ0) is 28.1. The summed E-state index contributed by atoms with van der Waals surface area (Å²) in [5, 5.41) is 6.90. The molecule has 0 bridgehead atoms. The maximum Gasteiger partial charge on any atom is 0.170 e. The second-order valence-corrected chi connectivity index (χ2v) is 13.9. The molecule has 3 heterocycles. The van der Waals surface area contributed by atoms with Gasteiger partial charge in [0.2, 0.25) is 0 Å². The molecule has 210 valence electrons. The summed E-state index contributed by atoms with van der Waals surface area (Å²) in [6.07, 6.45) is 1.90. The van der Waals surface area contributed by atoms with E-state index >= 15 is 4.39 Å². The molecule has 0 radical (unpaired) electrons. The number of fused-ring (bicyclic) bond motifs is 1. The lowest BCUT2D eigenvalue weighted by Crippen LogP contribution is -2.48. The van der Waals surface area contributed by atoms with Gasteiger partial charge in [0.15, 0.2) is 13.2 Å². The van der Waals surface area contributed by atoms with Gasteiger partial charge in [0, 0.05) is 19.1 Å². The van der Waals surface area contributed by atoms with Crippen LogP contribution >= 0.6 is 30.6 Å². The number of benzene rings is 3. The van der Waals surface area contributed by atoms with E-state index in [9.17, 15) is 0 Å². The molecule has 0 N–H and O–H groups in total. The number of morpholine rings is 1. The zero-order valence-corrected chi connectivity index (χ0v) is 24.8. The Hall–Kier alpha value is -3.00. The molecule has 1 aromatic heterocycles. The van der Waals surface area contributed by atoms with Crippen molar-refractivity contribution in [1.29, 1.82) is 0 Å². The minimum Gasteiger partial charge on any atom is -0.379 e. The van der Waals surface area contributed by atoms with Crippen LogP contribution in [0.2, 0.25) is 10.0 Å². The van der Waals surface area contributed by atoms with Crippen molar-refractivity contribution in [3.8, 4) is 5.69 Å². The highest BCUT2D eigenvalue weighted by Gasteiger charge is 2.52. The van der Waals surface area contributed by atoms with Gasteiger partial charge >= 0.3 is 0 Å². The first-order valence-electron chi connectivity index (χ1n) is 13.7. The van der Waals surface area contributed by atoms with E-state index in [0.717, 1.165) is 29.5 Å². The van der Waals surface area contributed by atoms with Crippen LogP contribution in [0.3, 0.4) is 0 Å². The van der Waals surface area contributed by atoms with Gasteiger partial charge in [0.25, 0.3) is 0 Å². The van der Waals surface area contributed by atoms with E-state index in [1.54, 1.807) is 24.3 Å². The molecular formula is C30H28Cl2FN6OP. The lowest BCUT2D eigenvalue weighted by molar-refractivity contribution is 0.0729. The zero-order valence-electron chi connectivity index (χ0n) is 22.4. The van der Waals surface area contributed by atoms with E-state index in [4.69, 9.17) is 42.8 Å². The van der Waals surface area contributed by atoms with Gasteiger partial charge in [-0.05, 0) is 56.2 Å². The predicted octanol–water partition coefficient (Wildman–Crippen LogP) is 7.50. The van der Waals surface area contributed by atoms with Crippen molar-refractivity contribution in [2.24, 2.45) is 9.74 Å². The van der Waals surface area contributed by atoms with Gasteiger partial charge < -0.3 is 9.41 Å². The van der Waals surface area contributed by atoms with Crippen LogP contribution in [0.1, 0.15) is 24.1 Å². The molecule has 11 heteroatoms. The summed E-state index contributed by atoms with van der Waals surface area (Å²) in [5.74, 6) is 0.872. The number of aryl methyl sites for hydroxylation is 1. The van der Waals surface area contributed by atoms with Crippen molar-refractivity contribution in [3.63, 3.8) is 0 Å². The summed E-state index contributed by atoms with van der Waals surface area (Å²) in [4.78, 5) is 5.24. The number of amidine groups is 1. The fourth-order valence-electron chi connectivity index (χ4n) is 5.64. The Morgan fingerprint density at radius 3 is 2.29 bits per heavy atom. The Morgan fingerprint density at radius 1 is 0.927 bits per heavy atom. The molecule has 1 unspecified atom stereocenters. The molecule has 1 atom stereocenters. The third-order valence-electron chi connectivity index (χ3n) is 7.60. The highest BCUT2D eigenvalue weighted by molar-refractivity contribution is 7.70. The fourth-order valence-corrected chi connectivity index (χ4v) is 10.5. The molecule has 1 aliphatic carbocycles. The first-order chi connectivity index (χ1) is 20.0. The Bertz CT molecular complexity index is 1700. The molecule has 7 rings (SSSR count). The normalized spacial score (nSPS) is 21.0. The van der Waals surface area contributed by atoms with Crippen LogP contribution in [-0.2, 0) is 4.74 Å². The molecular weight excluding hydrogens is 581 g/mol. The van der Waals surface area contributed by atoms with Gasteiger partial charge in [-0.25, -0.2) is 23.5 Å². The highest BCUT2D eigenvalue weighted by Crippen LogP contribution is 2.66. The fraction of sp³-hybridized carbons (Fsp3) is 0.267. The molecule has 0 spiro atoms. The van der Waals surface area contributed by atoms with E-state index < -0.39 is 7.36 Å². The molecule has 41 heavy (non-hydrogen) atoms. The summed E-state index contributed by atoms with van der Waals surface area (Å²) in [7, 11) is -2.95. The van der Waals surface area contributed by atoms with Crippen LogP contribution in [0, 0.1) is 12.7 Å². The highest BCUT2D eigenvalue weighted by atomic mass is 35.5. The lowest BCUT2D eigenvalue weighted by Gasteiger charge is -2.48. The first-order valence-corrected chi connectivity index (χ1v) is 16.1. The molecule has 2 aliphatic heterocycles. The summed E-state index contributed by atoms with van der Waals surface area (Å²) in [5.41, 5.74) is 2.64. The van der Waals surface area contributed by atoms with Crippen LogP contribution < -0.4 is 5.30 Å². The molecule has 1 saturated carbocycles. The quantitative estimate of drug-likeness (QED) is 0.220. The average molecular weight is 609 g/mol. The van der Waals surface area contributed by atoms with Crippen molar-refractivity contribution >= 4 is 53.2 Å². The minimum atomic E-state index is -2.95. The largest absolute Gasteiger partial charge is 0.379 e. The number of aliphatic imine (C=N–C) groups is 1. The molecule has 3 aromatic carbocycles. The van der Waals surface area contributed by atoms with Crippen LogP contribution in [0.15, 0.2) is 82.5 Å². The van der Waals surface area contributed by atoms with Gasteiger partial charge in [-0.2, -0.15) is 5.10 Å². The monoisotopic (exact) mass is 608 g/mol. The number of hydrogen-bond donors (Lipinski definition) is 0. The van der Waals surface area contributed by atoms with E-state index in [-0.39, 0.29) is 11.9 Å². The topological polar surface area (TPSA) is 58.3 Å². The number of halogens is 3. The van der Waals surface area contributed by atoms with Crippen LogP contribution in [0.25, 0.3) is 5.69 Å². The Morgan fingerprint density at radius 2 is 1.61 bits per heavy atom. The number of ether oxygens (including phenoxy) is 1. The third kappa shape index (κ3) is 4.53. The SMILES string of the molecule is Cc1nn(-c2ccccc2)c2c1P(=Nc1c(Cl)cccc1Cl)(N1CCOCC1)N(C1CC1)C(c1ccccc1F)=N2. The number of aromatic nitrogens is 2. The maximum absolute atomic E-state index is 15.7. The molecule has 3 aliphatic rings.